The van der Waals surface area contributed by atoms with Gasteiger partial charge in [0.15, 0.2) is 0 Å². The van der Waals surface area contributed by atoms with Gasteiger partial charge in [0.1, 0.15) is 6.04 Å². The lowest BCUT2D eigenvalue weighted by molar-refractivity contribution is -0.134. The molecule has 2 unspecified atom stereocenters. The molecule has 0 radical (unpaired) electrons. The van der Waals surface area contributed by atoms with Gasteiger partial charge in [-0.2, -0.15) is 4.98 Å². The average molecular weight is 495 g/mol. The van der Waals surface area contributed by atoms with Crippen LogP contribution in [0.3, 0.4) is 0 Å². The molecule has 4 aromatic carbocycles. The largest absolute Gasteiger partial charge is 0.475 e. The zero-order valence-electron chi connectivity index (χ0n) is 20.2. The van der Waals surface area contributed by atoms with E-state index in [0.717, 1.165) is 32.7 Å². The van der Waals surface area contributed by atoms with E-state index in [-0.39, 0.29) is 11.8 Å². The van der Waals surface area contributed by atoms with Gasteiger partial charge in [-0.1, -0.05) is 84.9 Å². The van der Waals surface area contributed by atoms with Gasteiger partial charge < -0.3 is 20.3 Å². The number of nitrogens with two attached hydrogens (primary N) is 1. The van der Waals surface area contributed by atoms with E-state index in [1.54, 1.807) is 7.05 Å². The van der Waals surface area contributed by atoms with Gasteiger partial charge in [0.2, 0.25) is 11.8 Å². The lowest BCUT2D eigenvalue weighted by atomic mass is 9.99. The monoisotopic (exact) mass is 494 g/mol. The molecule has 37 heavy (non-hydrogen) atoms. The number of amides is 1. The summed E-state index contributed by atoms with van der Waals surface area (Å²) in [5, 5.41) is 17.2. The van der Waals surface area contributed by atoms with Crippen molar-refractivity contribution in [2.45, 2.75) is 24.9 Å². The van der Waals surface area contributed by atoms with Crippen LogP contribution in [-0.4, -0.2) is 45.1 Å². The Hall–Kier alpha value is -4.56. The highest BCUT2D eigenvalue weighted by Crippen LogP contribution is 2.26. The highest BCUT2D eigenvalue weighted by molar-refractivity contribution is 5.85. The van der Waals surface area contributed by atoms with Gasteiger partial charge in [0.05, 0.1) is 6.04 Å². The average Bonchev–Trinajstić information content (AvgIpc) is 3.41. The van der Waals surface area contributed by atoms with Crippen molar-refractivity contribution in [2.24, 2.45) is 5.73 Å². The van der Waals surface area contributed by atoms with Crippen molar-refractivity contribution in [1.29, 1.82) is 0 Å². The van der Waals surface area contributed by atoms with Crippen LogP contribution < -0.4 is 5.73 Å². The lowest BCUT2D eigenvalue weighted by Crippen LogP contribution is -2.45. The number of rotatable bonds is 8. The van der Waals surface area contributed by atoms with Crippen molar-refractivity contribution in [2.75, 3.05) is 7.05 Å². The first-order valence-electron chi connectivity index (χ1n) is 11.9. The molecule has 0 aliphatic rings. The van der Waals surface area contributed by atoms with E-state index in [1.165, 1.54) is 4.90 Å². The number of carboxylic acids is 1. The Kier molecular flexibility index (Phi) is 6.66. The van der Waals surface area contributed by atoms with Crippen LogP contribution >= 0.6 is 0 Å². The van der Waals surface area contributed by atoms with E-state index in [2.05, 4.69) is 10.1 Å². The number of likely N-dealkylation sites (N-methyl/N-ethyl adjacent to an activating group) is 1. The number of carbonyl (C=O) groups excluding carboxylic acids is 1. The number of hydrogen-bond acceptors (Lipinski definition) is 6. The van der Waals surface area contributed by atoms with Crippen LogP contribution in [0, 0.1) is 0 Å². The second-order valence-corrected chi connectivity index (χ2v) is 9.10. The fourth-order valence-corrected chi connectivity index (χ4v) is 4.56. The Morgan fingerprint density at radius 1 is 0.865 bits per heavy atom. The fourth-order valence-electron chi connectivity index (χ4n) is 4.56. The SMILES string of the molecule is CN(C(=O)C(N)Cc1ccc2ccccc2c1)C(Cc1ccc2ccccc2c1)c1nc(C(=O)O)no1. The van der Waals surface area contributed by atoms with E-state index in [0.29, 0.717) is 12.8 Å². The van der Waals surface area contributed by atoms with Crippen molar-refractivity contribution in [3.8, 4) is 0 Å². The first-order chi connectivity index (χ1) is 17.9. The van der Waals surface area contributed by atoms with Gasteiger partial charge in [0, 0.05) is 13.5 Å². The summed E-state index contributed by atoms with van der Waals surface area (Å²) in [6.45, 7) is 0. The maximum absolute atomic E-state index is 13.5. The Morgan fingerprint density at radius 2 is 1.41 bits per heavy atom. The summed E-state index contributed by atoms with van der Waals surface area (Å²) < 4.78 is 5.29. The first-order valence-corrected chi connectivity index (χ1v) is 11.9. The Balaban J connectivity index is 1.41. The van der Waals surface area contributed by atoms with Crippen molar-refractivity contribution >= 4 is 33.4 Å². The van der Waals surface area contributed by atoms with Crippen LogP contribution in [0.4, 0.5) is 0 Å². The molecule has 0 spiro atoms. The number of carbonyl (C=O) groups is 2. The summed E-state index contributed by atoms with van der Waals surface area (Å²) in [6, 6.07) is 26.5. The van der Waals surface area contributed by atoms with E-state index in [9.17, 15) is 14.7 Å². The second kappa shape index (κ2) is 10.2. The zero-order chi connectivity index (χ0) is 25.9. The quantitative estimate of drug-likeness (QED) is 0.328. The molecule has 3 N–H and O–H groups in total. The van der Waals surface area contributed by atoms with Gasteiger partial charge >= 0.3 is 5.97 Å². The van der Waals surface area contributed by atoms with Crippen LogP contribution in [0.2, 0.25) is 0 Å². The van der Waals surface area contributed by atoms with Crippen molar-refractivity contribution < 1.29 is 19.2 Å². The molecule has 0 fully saturated rings. The van der Waals surface area contributed by atoms with E-state index >= 15 is 0 Å². The minimum atomic E-state index is -1.30. The molecule has 1 aromatic heterocycles. The number of aromatic carboxylic acids is 1. The molecule has 1 amide bonds. The molecule has 0 saturated carbocycles. The number of fused-ring (bicyclic) bond motifs is 2. The normalized spacial score (nSPS) is 12.9. The molecular weight excluding hydrogens is 468 g/mol. The van der Waals surface area contributed by atoms with Crippen molar-refractivity contribution in [3.05, 3.63) is 108 Å². The van der Waals surface area contributed by atoms with Crippen LogP contribution in [-0.2, 0) is 17.6 Å². The molecule has 0 saturated heterocycles. The third kappa shape index (κ3) is 5.19. The number of carboxylic acid groups (broad SMARTS) is 1. The minimum Gasteiger partial charge on any atom is -0.475 e. The molecule has 2 atom stereocenters. The Morgan fingerprint density at radius 3 is 1.95 bits per heavy atom. The van der Waals surface area contributed by atoms with Gasteiger partial charge in [-0.3, -0.25) is 4.79 Å². The van der Waals surface area contributed by atoms with E-state index in [4.69, 9.17) is 10.3 Å². The molecule has 5 rings (SSSR count). The molecule has 0 aliphatic heterocycles. The summed E-state index contributed by atoms with van der Waals surface area (Å²) in [5.74, 6) is -2.03. The molecule has 186 valence electrons. The molecular formula is C29H26N4O4. The van der Waals surface area contributed by atoms with Gasteiger partial charge in [-0.25, -0.2) is 4.79 Å². The van der Waals surface area contributed by atoms with Crippen molar-refractivity contribution in [1.82, 2.24) is 15.0 Å². The summed E-state index contributed by atoms with van der Waals surface area (Å²) in [6.07, 6.45) is 0.692. The summed E-state index contributed by atoms with van der Waals surface area (Å²) in [5.41, 5.74) is 8.26. The van der Waals surface area contributed by atoms with Crippen molar-refractivity contribution in [3.63, 3.8) is 0 Å². The topological polar surface area (TPSA) is 123 Å². The Bertz CT molecular complexity index is 1600. The summed E-state index contributed by atoms with van der Waals surface area (Å²) in [7, 11) is 1.62. The highest BCUT2D eigenvalue weighted by Gasteiger charge is 2.31. The predicted molar refractivity (Wildman–Crippen MR) is 140 cm³/mol. The third-order valence-electron chi connectivity index (χ3n) is 6.56. The van der Waals surface area contributed by atoms with Gasteiger partial charge in [-0.05, 0) is 44.2 Å². The maximum Gasteiger partial charge on any atom is 0.377 e. The minimum absolute atomic E-state index is 0.0410. The van der Waals surface area contributed by atoms with Crippen LogP contribution in [0.1, 0.15) is 33.7 Å². The predicted octanol–water partition coefficient (Wildman–Crippen LogP) is 4.39. The zero-order valence-corrected chi connectivity index (χ0v) is 20.2. The van der Waals surface area contributed by atoms with Gasteiger partial charge in [0.25, 0.3) is 5.82 Å². The maximum atomic E-state index is 13.5. The van der Waals surface area contributed by atoms with Crippen LogP contribution in [0.25, 0.3) is 21.5 Å². The lowest BCUT2D eigenvalue weighted by Gasteiger charge is -2.28. The number of aromatic nitrogens is 2. The number of hydrogen-bond donors (Lipinski definition) is 2. The summed E-state index contributed by atoms with van der Waals surface area (Å²) in [4.78, 5) is 30.3. The second-order valence-electron chi connectivity index (χ2n) is 9.10. The standard InChI is InChI=1S/C29H26N4O4/c1-33(28(34)24(30)16-18-10-12-20-6-2-4-8-22(20)14-18)25(27-31-26(29(35)36)32-37-27)17-19-11-13-21-7-3-5-9-23(21)15-19/h2-15,24-25H,16-17,30H2,1H3,(H,35,36). The third-order valence-corrected chi connectivity index (χ3v) is 6.56. The van der Waals surface area contributed by atoms with E-state index in [1.807, 2.05) is 84.9 Å². The Labute approximate surface area is 213 Å². The van der Waals surface area contributed by atoms with Gasteiger partial charge in [-0.15, -0.1) is 0 Å². The fraction of sp³-hybridized carbons (Fsp3) is 0.172. The number of benzene rings is 4. The van der Waals surface area contributed by atoms with Crippen LogP contribution in [0.5, 0.6) is 0 Å². The number of nitrogens with zero attached hydrogens (tertiary/aromatic N) is 3. The van der Waals surface area contributed by atoms with E-state index < -0.39 is 23.9 Å². The molecule has 1 heterocycles. The molecule has 5 aromatic rings. The molecule has 8 heteroatoms. The molecule has 0 bridgehead atoms. The molecule has 8 nitrogen and oxygen atoms in total. The summed E-state index contributed by atoms with van der Waals surface area (Å²) >= 11 is 0. The first kappa shape index (κ1) is 24.1. The smallest absolute Gasteiger partial charge is 0.377 e. The highest BCUT2D eigenvalue weighted by atomic mass is 16.5. The van der Waals surface area contributed by atoms with Crippen LogP contribution in [0.15, 0.2) is 89.5 Å². The molecule has 0 aliphatic carbocycles.